The van der Waals surface area contributed by atoms with Crippen LogP contribution in [0.1, 0.15) is 0 Å². The van der Waals surface area contributed by atoms with Gasteiger partial charge in [0.15, 0.2) is 0 Å². The molecule has 3 aromatic heterocycles. The van der Waals surface area contributed by atoms with E-state index in [1.54, 1.807) is 0 Å². The van der Waals surface area contributed by atoms with Crippen molar-refractivity contribution in [1.82, 2.24) is 19.1 Å². The van der Waals surface area contributed by atoms with E-state index in [1.165, 1.54) is 60.0 Å². The van der Waals surface area contributed by atoms with Gasteiger partial charge >= 0.3 is 0 Å². The maximum Gasteiger partial charge on any atom is 0.235 e. The van der Waals surface area contributed by atoms with Gasteiger partial charge in [0, 0.05) is 38.2 Å². The third-order valence-electron chi connectivity index (χ3n) is 11.7. The Balaban J connectivity index is 1.07. The zero-order chi connectivity index (χ0) is 38.2. The molecule has 0 unspecified atom stereocenters. The molecule has 12 rings (SSSR count). The molecule has 3 heterocycles. The van der Waals surface area contributed by atoms with Crippen LogP contribution in [-0.2, 0) is 0 Å². The SMILES string of the molecule is c1ccc(-c2cccc(-n3c4ccccc4c4cc(-c5ccc6c(c5)c5c7ccccc7ccc5n6-c5nc(-c6ccccc6)c6ccccc6n5)ccc43)c2)cc1. The Bertz CT molecular complexity index is 3560. The summed E-state index contributed by atoms with van der Waals surface area (Å²) >= 11 is 0. The molecular formula is C54H34N4. The largest absolute Gasteiger partial charge is 0.309 e. The Morgan fingerprint density at radius 3 is 1.71 bits per heavy atom. The normalized spacial score (nSPS) is 11.8. The van der Waals surface area contributed by atoms with E-state index < -0.39 is 0 Å². The molecule has 0 saturated carbocycles. The maximum absolute atomic E-state index is 5.34. The van der Waals surface area contributed by atoms with E-state index in [4.69, 9.17) is 9.97 Å². The summed E-state index contributed by atoms with van der Waals surface area (Å²) in [5.74, 6) is 0.658. The molecule has 0 bridgehead atoms. The summed E-state index contributed by atoms with van der Waals surface area (Å²) in [6.07, 6.45) is 0. The molecule has 0 aliphatic carbocycles. The minimum atomic E-state index is 0.658. The van der Waals surface area contributed by atoms with Crippen molar-refractivity contribution in [2.75, 3.05) is 0 Å². The van der Waals surface area contributed by atoms with Crippen LogP contribution in [0.4, 0.5) is 0 Å². The van der Waals surface area contributed by atoms with Crippen LogP contribution in [0.5, 0.6) is 0 Å². The Morgan fingerprint density at radius 2 is 0.897 bits per heavy atom. The first-order valence-electron chi connectivity index (χ1n) is 19.7. The molecule has 0 aliphatic heterocycles. The number of benzene rings is 9. The highest BCUT2D eigenvalue weighted by molar-refractivity contribution is 6.22. The lowest BCUT2D eigenvalue weighted by Crippen LogP contribution is -2.03. The van der Waals surface area contributed by atoms with E-state index in [9.17, 15) is 0 Å². The lowest BCUT2D eigenvalue weighted by Gasteiger charge is -2.12. The van der Waals surface area contributed by atoms with Crippen LogP contribution in [0.3, 0.4) is 0 Å². The fourth-order valence-electron chi connectivity index (χ4n) is 9.05. The van der Waals surface area contributed by atoms with Crippen molar-refractivity contribution in [3.63, 3.8) is 0 Å². The van der Waals surface area contributed by atoms with Crippen LogP contribution in [-0.4, -0.2) is 19.1 Å². The van der Waals surface area contributed by atoms with E-state index in [1.807, 2.05) is 6.07 Å². The van der Waals surface area contributed by atoms with Gasteiger partial charge in [-0.2, -0.15) is 0 Å². The molecule has 0 amide bonds. The van der Waals surface area contributed by atoms with Crippen molar-refractivity contribution in [2.24, 2.45) is 0 Å². The Morgan fingerprint density at radius 1 is 0.310 bits per heavy atom. The number of hydrogen-bond donors (Lipinski definition) is 0. The van der Waals surface area contributed by atoms with Crippen LogP contribution in [0.25, 0.3) is 110 Å². The summed E-state index contributed by atoms with van der Waals surface area (Å²) in [5.41, 5.74) is 13.3. The zero-order valence-corrected chi connectivity index (χ0v) is 31.4. The van der Waals surface area contributed by atoms with Gasteiger partial charge in [-0.25, -0.2) is 9.97 Å². The first kappa shape index (κ1) is 32.4. The van der Waals surface area contributed by atoms with Crippen molar-refractivity contribution in [3.8, 4) is 45.1 Å². The minimum absolute atomic E-state index is 0.658. The molecule has 0 aliphatic rings. The van der Waals surface area contributed by atoms with Crippen LogP contribution < -0.4 is 0 Å². The molecule has 0 atom stereocenters. The van der Waals surface area contributed by atoms with Crippen LogP contribution >= 0.6 is 0 Å². The number of para-hydroxylation sites is 2. The molecule has 58 heavy (non-hydrogen) atoms. The number of hydrogen-bond acceptors (Lipinski definition) is 2. The number of fused-ring (bicyclic) bond motifs is 9. The van der Waals surface area contributed by atoms with E-state index >= 15 is 0 Å². The summed E-state index contributed by atoms with van der Waals surface area (Å²) < 4.78 is 4.65. The monoisotopic (exact) mass is 738 g/mol. The van der Waals surface area contributed by atoms with Gasteiger partial charge in [0.05, 0.1) is 33.3 Å². The standard InChI is InChI=1S/C54H34N4/c1-3-14-35(15-4-1)38-19-13-20-41(32-38)57-48-25-12-10-22-43(48)45-33-39(27-29-49(45)57)40-28-30-50-46(34-40)52-42-21-8-7-16-36(42)26-31-51(52)58(50)54-55-47-24-11-9-23-44(47)53(56-54)37-17-5-2-6-18-37/h1-34H. The number of aromatic nitrogens is 4. The second-order valence-electron chi connectivity index (χ2n) is 15.0. The molecule has 4 nitrogen and oxygen atoms in total. The summed E-state index contributed by atoms with van der Waals surface area (Å²) in [7, 11) is 0. The Kier molecular flexibility index (Phi) is 7.20. The molecule has 0 saturated heterocycles. The summed E-state index contributed by atoms with van der Waals surface area (Å²) in [6, 6.07) is 73.9. The van der Waals surface area contributed by atoms with E-state index in [0.717, 1.165) is 44.4 Å². The van der Waals surface area contributed by atoms with Gasteiger partial charge in [0.2, 0.25) is 5.95 Å². The van der Waals surface area contributed by atoms with E-state index in [-0.39, 0.29) is 0 Å². The molecule has 0 radical (unpaired) electrons. The smallest absolute Gasteiger partial charge is 0.235 e. The topological polar surface area (TPSA) is 35.6 Å². The highest BCUT2D eigenvalue weighted by Crippen LogP contribution is 2.41. The molecule has 0 fully saturated rings. The third-order valence-corrected chi connectivity index (χ3v) is 11.7. The second-order valence-corrected chi connectivity index (χ2v) is 15.0. The van der Waals surface area contributed by atoms with Crippen LogP contribution in [0.2, 0.25) is 0 Å². The fraction of sp³-hybridized carbons (Fsp3) is 0. The fourth-order valence-corrected chi connectivity index (χ4v) is 9.05. The third kappa shape index (κ3) is 5.02. The molecule has 9 aromatic carbocycles. The predicted octanol–water partition coefficient (Wildman–Crippen LogP) is 14.0. The van der Waals surface area contributed by atoms with Gasteiger partial charge in [0.1, 0.15) is 0 Å². The second kappa shape index (κ2) is 12.9. The molecular weight excluding hydrogens is 705 g/mol. The van der Waals surface area contributed by atoms with Gasteiger partial charge in [-0.05, 0) is 87.6 Å². The van der Waals surface area contributed by atoms with Crippen molar-refractivity contribution >= 4 is 65.3 Å². The minimum Gasteiger partial charge on any atom is -0.309 e. The Hall–Kier alpha value is -7.82. The number of rotatable bonds is 5. The first-order chi connectivity index (χ1) is 28.8. The Labute approximate surface area is 334 Å². The van der Waals surface area contributed by atoms with Crippen molar-refractivity contribution < 1.29 is 0 Å². The van der Waals surface area contributed by atoms with Crippen molar-refractivity contribution in [1.29, 1.82) is 0 Å². The summed E-state index contributed by atoms with van der Waals surface area (Å²) in [5, 5.41) is 8.27. The quantitative estimate of drug-likeness (QED) is 0.176. The van der Waals surface area contributed by atoms with Gasteiger partial charge < -0.3 is 4.57 Å². The van der Waals surface area contributed by atoms with Crippen molar-refractivity contribution in [3.05, 3.63) is 206 Å². The van der Waals surface area contributed by atoms with E-state index in [2.05, 4.69) is 209 Å². The van der Waals surface area contributed by atoms with Gasteiger partial charge in [-0.1, -0.05) is 152 Å². The lowest BCUT2D eigenvalue weighted by atomic mass is 9.99. The molecule has 4 heteroatoms. The summed E-state index contributed by atoms with van der Waals surface area (Å²) in [6.45, 7) is 0. The zero-order valence-electron chi connectivity index (χ0n) is 31.4. The molecule has 0 spiro atoms. The lowest BCUT2D eigenvalue weighted by molar-refractivity contribution is 1.01. The maximum atomic E-state index is 5.34. The van der Waals surface area contributed by atoms with Crippen LogP contribution in [0.15, 0.2) is 206 Å². The van der Waals surface area contributed by atoms with Gasteiger partial charge in [-0.3, -0.25) is 4.57 Å². The van der Waals surface area contributed by atoms with E-state index in [0.29, 0.717) is 5.95 Å². The molecule has 12 aromatic rings. The molecule has 0 N–H and O–H groups in total. The van der Waals surface area contributed by atoms with Crippen molar-refractivity contribution in [2.45, 2.75) is 0 Å². The van der Waals surface area contributed by atoms with Crippen LogP contribution in [0, 0.1) is 0 Å². The average Bonchev–Trinajstić information content (AvgIpc) is 3.82. The van der Waals surface area contributed by atoms with Gasteiger partial charge in [0.25, 0.3) is 0 Å². The number of nitrogens with zero attached hydrogens (tertiary/aromatic N) is 4. The summed E-state index contributed by atoms with van der Waals surface area (Å²) in [4.78, 5) is 10.6. The first-order valence-corrected chi connectivity index (χ1v) is 19.7. The molecule has 270 valence electrons. The van der Waals surface area contributed by atoms with Gasteiger partial charge in [-0.15, -0.1) is 0 Å². The highest BCUT2D eigenvalue weighted by atomic mass is 15.2. The predicted molar refractivity (Wildman–Crippen MR) is 242 cm³/mol. The highest BCUT2D eigenvalue weighted by Gasteiger charge is 2.20. The average molecular weight is 739 g/mol.